The highest BCUT2D eigenvalue weighted by molar-refractivity contribution is 6.20. The molecule has 0 nitrogen and oxygen atoms in total. The van der Waals surface area contributed by atoms with Crippen molar-refractivity contribution in [2.24, 2.45) is 0 Å². The summed E-state index contributed by atoms with van der Waals surface area (Å²) in [6.07, 6.45) is 20.6. The van der Waals surface area contributed by atoms with E-state index in [1.165, 1.54) is 96.3 Å². The molecule has 1 unspecified atom stereocenters. The molecule has 0 aliphatic carbocycles. The van der Waals surface area contributed by atoms with Gasteiger partial charge in [0.2, 0.25) is 0 Å². The van der Waals surface area contributed by atoms with Gasteiger partial charge in [-0.3, -0.25) is 0 Å². The summed E-state index contributed by atoms with van der Waals surface area (Å²) < 4.78 is 0. The summed E-state index contributed by atoms with van der Waals surface area (Å²) in [5.41, 5.74) is 0. The van der Waals surface area contributed by atoms with Gasteiger partial charge in [-0.1, -0.05) is 97.3 Å². The van der Waals surface area contributed by atoms with E-state index in [2.05, 4.69) is 13.8 Å². The number of hydrogen-bond acceptors (Lipinski definition) is 0. The summed E-state index contributed by atoms with van der Waals surface area (Å²) in [5, 5.41) is 0.446. The van der Waals surface area contributed by atoms with E-state index in [9.17, 15) is 0 Å². The van der Waals surface area contributed by atoms with Crippen LogP contribution in [0.3, 0.4) is 0 Å². The molecule has 0 saturated carbocycles. The number of hydrogen-bond donors (Lipinski definition) is 0. The molecule has 0 rings (SSSR count). The normalized spacial score (nSPS) is 12.8. The molecule has 0 saturated heterocycles. The van der Waals surface area contributed by atoms with Gasteiger partial charge in [0.1, 0.15) is 0 Å². The molecule has 0 bridgehead atoms. The van der Waals surface area contributed by atoms with Crippen molar-refractivity contribution in [2.45, 2.75) is 116 Å². The minimum Gasteiger partial charge on any atom is -0.123 e. The molecule has 0 amide bonds. The Morgan fingerprint density at radius 1 is 0.526 bits per heavy atom. The fraction of sp³-hybridized carbons (Fsp3) is 1.00. The van der Waals surface area contributed by atoms with Crippen LogP contribution in [0.2, 0.25) is 0 Å². The first-order valence-electron chi connectivity index (χ1n) is 8.95. The Balaban J connectivity index is 3.07. The Morgan fingerprint density at radius 3 is 1.26 bits per heavy atom. The van der Waals surface area contributed by atoms with Gasteiger partial charge in [0.05, 0.1) is 0 Å². The van der Waals surface area contributed by atoms with Gasteiger partial charge in [0, 0.05) is 5.38 Å². The predicted octanol–water partition coefficient (Wildman–Crippen LogP) is 7.49. The summed E-state index contributed by atoms with van der Waals surface area (Å²) in [4.78, 5) is 0. The first-order valence-corrected chi connectivity index (χ1v) is 9.39. The van der Waals surface area contributed by atoms with E-state index in [0.29, 0.717) is 5.38 Å². The van der Waals surface area contributed by atoms with Crippen LogP contribution in [0.4, 0.5) is 0 Å². The average molecular weight is 289 g/mol. The van der Waals surface area contributed by atoms with Crippen LogP contribution in [0.25, 0.3) is 0 Å². The number of rotatable bonds is 15. The highest BCUT2D eigenvalue weighted by Gasteiger charge is 2.03. The molecule has 0 radical (unpaired) electrons. The summed E-state index contributed by atoms with van der Waals surface area (Å²) in [5.74, 6) is 0. The van der Waals surface area contributed by atoms with E-state index >= 15 is 0 Å². The van der Waals surface area contributed by atoms with Crippen molar-refractivity contribution in [2.75, 3.05) is 0 Å². The lowest BCUT2D eigenvalue weighted by Gasteiger charge is -2.09. The smallest absolute Gasteiger partial charge is 0.0336 e. The molecule has 1 atom stereocenters. The van der Waals surface area contributed by atoms with Crippen molar-refractivity contribution in [3.63, 3.8) is 0 Å². The SMILES string of the molecule is CCCCCCCCCCCC(Cl)CCCCCC. The molecule has 19 heavy (non-hydrogen) atoms. The van der Waals surface area contributed by atoms with Crippen LogP contribution in [-0.4, -0.2) is 5.38 Å². The molecule has 0 N–H and O–H groups in total. The number of halogens is 1. The molecule has 0 heterocycles. The number of unbranched alkanes of at least 4 members (excludes halogenated alkanes) is 11. The minimum atomic E-state index is 0.446. The van der Waals surface area contributed by atoms with E-state index in [1.807, 2.05) is 0 Å². The summed E-state index contributed by atoms with van der Waals surface area (Å²) in [6.45, 7) is 4.55. The van der Waals surface area contributed by atoms with Gasteiger partial charge in [0.15, 0.2) is 0 Å². The predicted molar refractivity (Wildman–Crippen MR) is 90.2 cm³/mol. The summed E-state index contributed by atoms with van der Waals surface area (Å²) in [6, 6.07) is 0. The second kappa shape index (κ2) is 16.3. The molecule has 0 aromatic carbocycles. The quantitative estimate of drug-likeness (QED) is 0.216. The van der Waals surface area contributed by atoms with E-state index in [0.717, 1.165) is 0 Å². The Hall–Kier alpha value is 0.290. The first-order chi connectivity index (χ1) is 9.31. The third-order valence-corrected chi connectivity index (χ3v) is 4.43. The molecular weight excluding hydrogens is 252 g/mol. The Labute approximate surface area is 127 Å². The van der Waals surface area contributed by atoms with Crippen LogP contribution < -0.4 is 0 Å². The van der Waals surface area contributed by atoms with Crippen molar-refractivity contribution in [3.05, 3.63) is 0 Å². The highest BCUT2D eigenvalue weighted by Crippen LogP contribution is 2.17. The molecule has 0 aliphatic heterocycles. The van der Waals surface area contributed by atoms with Gasteiger partial charge in [-0.2, -0.15) is 0 Å². The molecule has 0 spiro atoms. The van der Waals surface area contributed by atoms with Crippen LogP contribution in [0, 0.1) is 0 Å². The lowest BCUT2D eigenvalue weighted by Crippen LogP contribution is -1.98. The molecule has 0 aliphatic rings. The van der Waals surface area contributed by atoms with Crippen LogP contribution in [0.5, 0.6) is 0 Å². The molecule has 1 heteroatoms. The minimum absolute atomic E-state index is 0.446. The monoisotopic (exact) mass is 288 g/mol. The molecular formula is C18H37Cl. The van der Waals surface area contributed by atoms with Gasteiger partial charge in [0.25, 0.3) is 0 Å². The van der Waals surface area contributed by atoms with E-state index in [4.69, 9.17) is 11.6 Å². The largest absolute Gasteiger partial charge is 0.123 e. The van der Waals surface area contributed by atoms with Crippen LogP contribution in [-0.2, 0) is 0 Å². The van der Waals surface area contributed by atoms with E-state index in [1.54, 1.807) is 0 Å². The van der Waals surface area contributed by atoms with E-state index in [-0.39, 0.29) is 0 Å². The van der Waals surface area contributed by atoms with Crippen molar-refractivity contribution < 1.29 is 0 Å². The molecule has 0 aromatic rings. The van der Waals surface area contributed by atoms with Crippen molar-refractivity contribution in [1.29, 1.82) is 0 Å². The fourth-order valence-corrected chi connectivity index (χ4v) is 2.92. The maximum Gasteiger partial charge on any atom is 0.0336 e. The maximum absolute atomic E-state index is 6.36. The highest BCUT2D eigenvalue weighted by atomic mass is 35.5. The van der Waals surface area contributed by atoms with Crippen molar-refractivity contribution in [1.82, 2.24) is 0 Å². The lowest BCUT2D eigenvalue weighted by atomic mass is 10.0. The third-order valence-electron chi connectivity index (χ3n) is 3.99. The maximum atomic E-state index is 6.36. The lowest BCUT2D eigenvalue weighted by molar-refractivity contribution is 0.535. The summed E-state index contributed by atoms with van der Waals surface area (Å²) in [7, 11) is 0. The fourth-order valence-electron chi connectivity index (χ4n) is 2.61. The third kappa shape index (κ3) is 16.2. The van der Waals surface area contributed by atoms with Gasteiger partial charge in [-0.15, -0.1) is 11.6 Å². The zero-order chi connectivity index (χ0) is 14.2. The van der Waals surface area contributed by atoms with Gasteiger partial charge in [-0.05, 0) is 12.8 Å². The number of alkyl halides is 1. The van der Waals surface area contributed by atoms with Crippen molar-refractivity contribution >= 4 is 11.6 Å². The molecule has 0 fully saturated rings. The Morgan fingerprint density at radius 2 is 0.842 bits per heavy atom. The van der Waals surface area contributed by atoms with Gasteiger partial charge < -0.3 is 0 Å². The van der Waals surface area contributed by atoms with Crippen LogP contribution in [0.15, 0.2) is 0 Å². The van der Waals surface area contributed by atoms with Gasteiger partial charge in [-0.25, -0.2) is 0 Å². The topological polar surface area (TPSA) is 0 Å². The van der Waals surface area contributed by atoms with Crippen LogP contribution in [0.1, 0.15) is 110 Å². The Bertz CT molecular complexity index is 156. The van der Waals surface area contributed by atoms with Gasteiger partial charge >= 0.3 is 0 Å². The second-order valence-corrected chi connectivity index (χ2v) is 6.68. The zero-order valence-corrected chi connectivity index (χ0v) is 14.3. The second-order valence-electron chi connectivity index (χ2n) is 6.06. The molecule has 116 valence electrons. The van der Waals surface area contributed by atoms with E-state index < -0.39 is 0 Å². The molecule has 0 aromatic heterocycles. The Kier molecular flexibility index (Phi) is 16.6. The average Bonchev–Trinajstić information content (AvgIpc) is 2.42. The summed E-state index contributed by atoms with van der Waals surface area (Å²) >= 11 is 6.36. The zero-order valence-electron chi connectivity index (χ0n) is 13.6. The first kappa shape index (κ1) is 19.3. The van der Waals surface area contributed by atoms with Crippen LogP contribution >= 0.6 is 11.6 Å². The van der Waals surface area contributed by atoms with Crippen molar-refractivity contribution in [3.8, 4) is 0 Å². The standard InChI is InChI=1S/C18H37Cl/c1-3-5-7-9-10-11-12-13-15-17-18(19)16-14-8-6-4-2/h18H,3-17H2,1-2H3.